The van der Waals surface area contributed by atoms with Gasteiger partial charge in [0, 0.05) is 0 Å². The van der Waals surface area contributed by atoms with Gasteiger partial charge >= 0.3 is 5.97 Å². The van der Waals surface area contributed by atoms with Gasteiger partial charge in [0.05, 0.1) is 19.7 Å². The normalized spacial score (nSPS) is 12.8. The molecule has 0 aliphatic carbocycles. The molecule has 0 bridgehead atoms. The first-order chi connectivity index (χ1) is 7.54. The highest BCUT2D eigenvalue weighted by molar-refractivity contribution is 5.71. The van der Waals surface area contributed by atoms with E-state index in [4.69, 9.17) is 4.52 Å². The van der Waals surface area contributed by atoms with Crippen LogP contribution < -0.4 is 5.32 Å². The maximum Gasteiger partial charge on any atom is 0.319 e. The Kier molecular flexibility index (Phi) is 4.42. The van der Waals surface area contributed by atoms with E-state index in [0.717, 1.165) is 0 Å². The molecule has 0 aromatic carbocycles. The highest BCUT2D eigenvalue weighted by Crippen LogP contribution is 2.19. The van der Waals surface area contributed by atoms with E-state index in [9.17, 15) is 4.79 Å². The smallest absolute Gasteiger partial charge is 0.319 e. The third-order valence-corrected chi connectivity index (χ3v) is 2.17. The number of carbonyl (C=O) groups is 1. The van der Waals surface area contributed by atoms with Gasteiger partial charge in [-0.1, -0.05) is 19.0 Å². The molecule has 1 heterocycles. The molecule has 1 aromatic rings. The average molecular weight is 227 g/mol. The lowest BCUT2D eigenvalue weighted by Gasteiger charge is -2.17. The van der Waals surface area contributed by atoms with Gasteiger partial charge in [-0.25, -0.2) is 0 Å². The van der Waals surface area contributed by atoms with Crippen LogP contribution in [0, 0.1) is 12.8 Å². The molecular formula is C10H17N3O3. The zero-order valence-corrected chi connectivity index (χ0v) is 9.98. The lowest BCUT2D eigenvalue weighted by Crippen LogP contribution is -2.31. The maximum absolute atomic E-state index is 11.0. The SMILES string of the molecule is COC(=O)CN[C@@H](c1nc(C)no1)C(C)C. The van der Waals surface area contributed by atoms with Gasteiger partial charge in [0.15, 0.2) is 5.82 Å². The zero-order chi connectivity index (χ0) is 12.1. The summed E-state index contributed by atoms with van der Waals surface area (Å²) in [6, 6.07) is -0.139. The van der Waals surface area contributed by atoms with Crippen LogP contribution in [0.1, 0.15) is 31.6 Å². The Morgan fingerprint density at radius 1 is 1.56 bits per heavy atom. The molecule has 6 nitrogen and oxygen atoms in total. The summed E-state index contributed by atoms with van der Waals surface area (Å²) in [6.45, 7) is 5.90. The lowest BCUT2D eigenvalue weighted by atomic mass is 10.0. The lowest BCUT2D eigenvalue weighted by molar-refractivity contribution is -0.139. The van der Waals surface area contributed by atoms with Gasteiger partial charge in [-0.05, 0) is 12.8 Å². The summed E-state index contributed by atoms with van der Waals surface area (Å²) >= 11 is 0. The van der Waals surface area contributed by atoms with Crippen LogP contribution >= 0.6 is 0 Å². The van der Waals surface area contributed by atoms with Gasteiger partial charge in [-0.15, -0.1) is 0 Å². The molecule has 0 spiro atoms. The van der Waals surface area contributed by atoms with Crippen molar-refractivity contribution in [2.24, 2.45) is 5.92 Å². The quantitative estimate of drug-likeness (QED) is 0.751. The number of methoxy groups -OCH3 is 1. The number of carbonyl (C=O) groups excluding carboxylic acids is 1. The fraction of sp³-hybridized carbons (Fsp3) is 0.700. The Morgan fingerprint density at radius 2 is 2.25 bits per heavy atom. The van der Waals surface area contributed by atoms with Crippen molar-refractivity contribution < 1.29 is 14.1 Å². The predicted octanol–water partition coefficient (Wildman–Crippen LogP) is 0.838. The van der Waals surface area contributed by atoms with Crippen LogP contribution in [0.25, 0.3) is 0 Å². The minimum absolute atomic E-state index is 0.126. The molecule has 1 atom stereocenters. The second-order valence-corrected chi connectivity index (χ2v) is 3.86. The number of aromatic nitrogens is 2. The monoisotopic (exact) mass is 227 g/mol. The molecule has 90 valence electrons. The van der Waals surface area contributed by atoms with Crippen LogP contribution in [0.4, 0.5) is 0 Å². The van der Waals surface area contributed by atoms with Crippen LogP contribution in [0.2, 0.25) is 0 Å². The van der Waals surface area contributed by atoms with Gasteiger partial charge in [0.1, 0.15) is 0 Å². The third-order valence-electron chi connectivity index (χ3n) is 2.17. The van der Waals surface area contributed by atoms with Gasteiger partial charge in [-0.3, -0.25) is 10.1 Å². The number of hydrogen-bond acceptors (Lipinski definition) is 6. The first-order valence-electron chi connectivity index (χ1n) is 5.15. The molecule has 16 heavy (non-hydrogen) atoms. The number of ether oxygens (including phenoxy) is 1. The number of nitrogens with zero attached hydrogens (tertiary/aromatic N) is 2. The summed E-state index contributed by atoms with van der Waals surface area (Å²) in [5, 5.41) is 6.75. The minimum Gasteiger partial charge on any atom is -0.468 e. The number of nitrogens with one attached hydrogen (secondary N) is 1. The van der Waals surface area contributed by atoms with Gasteiger partial charge < -0.3 is 9.26 Å². The first kappa shape index (κ1) is 12.6. The summed E-state index contributed by atoms with van der Waals surface area (Å²) in [6.07, 6.45) is 0. The second-order valence-electron chi connectivity index (χ2n) is 3.86. The van der Waals surface area contributed by atoms with Crippen molar-refractivity contribution in [1.82, 2.24) is 15.5 Å². The van der Waals surface area contributed by atoms with Crippen molar-refractivity contribution in [1.29, 1.82) is 0 Å². The van der Waals surface area contributed by atoms with Crippen molar-refractivity contribution in [2.45, 2.75) is 26.8 Å². The first-order valence-corrected chi connectivity index (χ1v) is 5.15. The van der Waals surface area contributed by atoms with E-state index in [2.05, 4.69) is 20.2 Å². The van der Waals surface area contributed by atoms with Crippen molar-refractivity contribution in [3.05, 3.63) is 11.7 Å². The Morgan fingerprint density at radius 3 is 2.69 bits per heavy atom. The summed E-state index contributed by atoms with van der Waals surface area (Å²) in [7, 11) is 1.35. The molecular weight excluding hydrogens is 210 g/mol. The largest absolute Gasteiger partial charge is 0.468 e. The van der Waals surface area contributed by atoms with Gasteiger partial charge in [0.25, 0.3) is 0 Å². The molecule has 0 fully saturated rings. The van der Waals surface area contributed by atoms with Crippen LogP contribution in [-0.2, 0) is 9.53 Å². The van der Waals surface area contributed by atoms with Crippen molar-refractivity contribution >= 4 is 5.97 Å². The molecule has 0 saturated heterocycles. The molecule has 0 radical (unpaired) electrons. The molecule has 0 aliphatic heterocycles. The van der Waals surface area contributed by atoms with E-state index < -0.39 is 0 Å². The van der Waals surface area contributed by atoms with Gasteiger partial charge in [0.2, 0.25) is 5.89 Å². The van der Waals surface area contributed by atoms with E-state index >= 15 is 0 Å². The molecule has 0 amide bonds. The van der Waals surface area contributed by atoms with Crippen molar-refractivity contribution in [3.8, 4) is 0 Å². The molecule has 0 unspecified atom stereocenters. The van der Waals surface area contributed by atoms with E-state index in [1.54, 1.807) is 6.92 Å². The number of esters is 1. The number of hydrogen-bond donors (Lipinski definition) is 1. The molecule has 0 aliphatic rings. The highest BCUT2D eigenvalue weighted by Gasteiger charge is 2.22. The van der Waals surface area contributed by atoms with E-state index in [-0.39, 0.29) is 24.5 Å². The summed E-state index contributed by atoms with van der Waals surface area (Å²) in [5.74, 6) is 1.00. The van der Waals surface area contributed by atoms with E-state index in [1.807, 2.05) is 13.8 Å². The zero-order valence-electron chi connectivity index (χ0n) is 9.98. The average Bonchev–Trinajstić information content (AvgIpc) is 2.64. The Hall–Kier alpha value is -1.43. The fourth-order valence-corrected chi connectivity index (χ4v) is 1.31. The van der Waals surface area contributed by atoms with Crippen molar-refractivity contribution in [3.63, 3.8) is 0 Å². The Bertz CT molecular complexity index is 349. The number of aryl methyl sites for hydroxylation is 1. The molecule has 6 heteroatoms. The molecule has 0 saturated carbocycles. The third kappa shape index (κ3) is 3.30. The van der Waals surface area contributed by atoms with Crippen LogP contribution in [-0.4, -0.2) is 29.8 Å². The Balaban J connectivity index is 2.65. The second kappa shape index (κ2) is 5.60. The Labute approximate surface area is 94.4 Å². The minimum atomic E-state index is -0.318. The molecule has 1 rings (SSSR count). The van der Waals surface area contributed by atoms with Crippen molar-refractivity contribution in [2.75, 3.05) is 13.7 Å². The summed E-state index contributed by atoms with van der Waals surface area (Å²) < 4.78 is 9.63. The van der Waals surface area contributed by atoms with Crippen LogP contribution in [0.3, 0.4) is 0 Å². The van der Waals surface area contributed by atoms with E-state index in [1.165, 1.54) is 7.11 Å². The van der Waals surface area contributed by atoms with E-state index in [0.29, 0.717) is 11.7 Å². The fourth-order valence-electron chi connectivity index (χ4n) is 1.31. The predicted molar refractivity (Wildman–Crippen MR) is 56.6 cm³/mol. The topological polar surface area (TPSA) is 77.2 Å². The van der Waals surface area contributed by atoms with Gasteiger partial charge in [-0.2, -0.15) is 4.98 Å². The van der Waals surface area contributed by atoms with Crippen LogP contribution in [0.5, 0.6) is 0 Å². The standard InChI is InChI=1S/C10H17N3O3/c1-6(2)9(11-5-8(14)15-4)10-12-7(3)13-16-10/h6,9,11H,5H2,1-4H3/t9-/m1/s1. The molecule has 1 aromatic heterocycles. The number of rotatable bonds is 5. The van der Waals surface area contributed by atoms with Crippen LogP contribution in [0.15, 0.2) is 4.52 Å². The summed E-state index contributed by atoms with van der Waals surface area (Å²) in [4.78, 5) is 15.2. The molecule has 1 N–H and O–H groups in total. The highest BCUT2D eigenvalue weighted by atomic mass is 16.5. The summed E-state index contributed by atoms with van der Waals surface area (Å²) in [5.41, 5.74) is 0. The maximum atomic E-state index is 11.0.